The van der Waals surface area contributed by atoms with Crippen molar-refractivity contribution in [2.45, 2.75) is 187 Å². The van der Waals surface area contributed by atoms with E-state index in [1.54, 1.807) is 142 Å². The standard InChI is InChI=1S/C36H40F6N2O6.C31H32F6N2O4.C26H28F6N4O3/c1-24(26-17-28(35(37,38)39)19-29(18-26)36(40,41)42)49-23-34(27-13-9-6-10-14-27)16-15-33(22-45,43-30(46)50-32(2,3)4)21-44(34)31(47)48-20-25-11-7-5-8-12-25;1-21(23-14-25(30(32,33)34)16-26(15-23)31(35,36)37)43-20-29(24-10-6-3-7-11-24)13-12-28(38,19-40)18-39(29)27(41)42-17-22-8-4-2-5-9-22;1-17(18-10-20(25(27,28)29)12-21(11-18)26(30,31)32)39-15-24(19-6-4-3-5-7-19)9-8-23(13-33-24,14-38-2)36-16-34-35-22(36)37/h5-14,17-19,24,45H,15-16,20-23H2,1-4H3,(H,43,46);2-11,14-16,21,40H,12-13,17-20,38H2,1H3;3-7,10-12,16-17,33H,8-9,13-15H2,1-2H3,(H,35,37)/t24-,33?,34-;21-,28?,29-;17-,23+,24-/m111/s1. The number of nitrogens with zero attached hydrogens (tertiary/aromatic N) is 4. The molecule has 7 N–H and O–H groups in total. The Bertz CT molecular complexity index is 5250. The number of carbonyl (C=O) groups is 3. The average Bonchev–Trinajstić information content (AvgIpc) is 0.868. The lowest BCUT2D eigenvalue weighted by molar-refractivity contribution is -0.145. The molecule has 3 fully saturated rings. The molecule has 0 bridgehead atoms. The van der Waals surface area contributed by atoms with Gasteiger partial charge in [0.15, 0.2) is 0 Å². The van der Waals surface area contributed by atoms with Crippen LogP contribution in [0.1, 0.15) is 176 Å². The molecule has 9 atom stereocenters. The van der Waals surface area contributed by atoms with E-state index < -0.39 is 171 Å². The number of likely N-dealkylation sites (tertiary alicyclic amines) is 2. The lowest BCUT2D eigenvalue weighted by Crippen LogP contribution is -2.68. The van der Waals surface area contributed by atoms with Gasteiger partial charge in [0.2, 0.25) is 0 Å². The quantitative estimate of drug-likeness (QED) is 0.0229. The van der Waals surface area contributed by atoms with Crippen molar-refractivity contribution in [2.75, 3.05) is 66.4 Å². The van der Waals surface area contributed by atoms with E-state index in [9.17, 15) is 108 Å². The number of aromatic nitrogens is 3. The number of ether oxygens (including phenoxy) is 7. The van der Waals surface area contributed by atoms with Gasteiger partial charge < -0.3 is 59.7 Å². The van der Waals surface area contributed by atoms with E-state index in [1.807, 2.05) is 30.3 Å². The van der Waals surface area contributed by atoms with Gasteiger partial charge in [-0.15, -0.1) is 0 Å². The first-order valence-corrected chi connectivity index (χ1v) is 41.5. The molecule has 12 rings (SSSR count). The zero-order valence-corrected chi connectivity index (χ0v) is 72.5. The number of methoxy groups -OCH3 is 1. The third-order valence-corrected chi connectivity index (χ3v) is 23.4. The van der Waals surface area contributed by atoms with Crippen LogP contribution >= 0.6 is 0 Å². The minimum absolute atomic E-state index is 0.0247. The van der Waals surface area contributed by atoms with Gasteiger partial charge in [-0.3, -0.25) is 14.4 Å². The molecule has 8 aromatic carbocycles. The summed E-state index contributed by atoms with van der Waals surface area (Å²) >= 11 is 0. The van der Waals surface area contributed by atoms with Gasteiger partial charge in [-0.05, 0) is 179 Å². The van der Waals surface area contributed by atoms with Crippen molar-refractivity contribution in [2.24, 2.45) is 5.73 Å². The van der Waals surface area contributed by atoms with Crippen molar-refractivity contribution in [3.05, 3.63) is 301 Å². The molecule has 2 unspecified atom stereocenters. The van der Waals surface area contributed by atoms with Gasteiger partial charge in [0.05, 0.1) is 131 Å². The Balaban J connectivity index is 0.000000207. The molecule has 0 radical (unpaired) electrons. The molecule has 21 nitrogen and oxygen atoms in total. The molecule has 3 aliphatic rings. The Kier molecular flexibility index (Phi) is 32.5. The van der Waals surface area contributed by atoms with Gasteiger partial charge in [0, 0.05) is 20.2 Å². The van der Waals surface area contributed by atoms with E-state index in [2.05, 4.69) is 20.8 Å². The number of nitrogens with two attached hydrogens (primary N) is 1. The van der Waals surface area contributed by atoms with E-state index >= 15 is 0 Å². The number of amides is 3. The van der Waals surface area contributed by atoms with Crippen LogP contribution in [0.25, 0.3) is 0 Å². The molecule has 4 heterocycles. The van der Waals surface area contributed by atoms with Crippen LogP contribution in [0.4, 0.5) is 93.4 Å². The fraction of sp³-hybridized carbons (Fsp3) is 0.430. The summed E-state index contributed by atoms with van der Waals surface area (Å²) in [6, 6.07) is 48.1. The number of halogens is 18. The first kappa shape index (κ1) is 103. The van der Waals surface area contributed by atoms with Gasteiger partial charge in [0.25, 0.3) is 0 Å². The summed E-state index contributed by atoms with van der Waals surface area (Å²) < 4.78 is 285. The molecule has 3 saturated heterocycles. The van der Waals surface area contributed by atoms with Crippen LogP contribution in [0, 0.1) is 0 Å². The molecule has 39 heteroatoms. The SMILES string of the molecule is COC[C@]1(n2cn[nH]c2=O)CC[C@@](CO[C@H](C)c2cc(C(F)(F)F)cc(C(F)(F)F)c2)(c2ccccc2)NC1.C[C@@H](OC[C@@]1(c2ccccc2)CCC(CO)(NC(=O)OC(C)(C)C)CN1C(=O)OCc1ccccc1)c1cc(C(F)(F)F)cc(C(F)(F)F)c1.C[C@@H](OC[C@@]1(c2ccccc2)CCC(N)(CO)CN1C(=O)OCc1ccccc1)c1cc(C(F)(F)F)cc(C(F)(F)F)c1. The predicted molar refractivity (Wildman–Crippen MR) is 445 cm³/mol. The molecule has 0 saturated carbocycles. The van der Waals surface area contributed by atoms with Crippen molar-refractivity contribution in [1.82, 2.24) is 35.2 Å². The number of aliphatic hydroxyl groups excluding tert-OH is 2. The van der Waals surface area contributed by atoms with Crippen LogP contribution in [0.5, 0.6) is 0 Å². The Morgan fingerprint density at radius 3 is 1.14 bits per heavy atom. The maximum Gasteiger partial charge on any atom is 0.416 e. The predicted octanol–water partition coefficient (Wildman–Crippen LogP) is 20.2. The minimum Gasteiger partial charge on any atom is -0.445 e. The third kappa shape index (κ3) is 25.9. The second-order valence-electron chi connectivity index (χ2n) is 34.0. The fourth-order valence-electron chi connectivity index (χ4n) is 15.9. The number of alkyl carbamates (subject to hydrolysis) is 1. The summed E-state index contributed by atoms with van der Waals surface area (Å²) in [5.74, 6) is 0. The zero-order valence-electron chi connectivity index (χ0n) is 72.5. The van der Waals surface area contributed by atoms with E-state index in [4.69, 9.17) is 38.9 Å². The summed E-state index contributed by atoms with van der Waals surface area (Å²) in [6.45, 7) is 7.02. The third-order valence-electron chi connectivity index (χ3n) is 23.4. The number of hydrogen-bond donors (Lipinski definition) is 6. The Labute approximate surface area is 747 Å². The van der Waals surface area contributed by atoms with Gasteiger partial charge in [0.1, 0.15) is 25.1 Å². The average molecular weight is 1880 g/mol. The second-order valence-corrected chi connectivity index (χ2v) is 34.0. The smallest absolute Gasteiger partial charge is 0.416 e. The number of nitrogens with one attached hydrogen (secondary N) is 3. The highest BCUT2D eigenvalue weighted by atomic mass is 19.4. The van der Waals surface area contributed by atoms with Crippen LogP contribution in [0.2, 0.25) is 0 Å². The molecule has 0 spiro atoms. The van der Waals surface area contributed by atoms with Crippen LogP contribution in [0.3, 0.4) is 0 Å². The number of aromatic amines is 1. The number of hydrogen-bond acceptors (Lipinski definition) is 16. The maximum absolute atomic E-state index is 14.1. The molecule has 3 aliphatic heterocycles. The number of carbonyl (C=O) groups excluding carboxylic acids is 3. The van der Waals surface area contributed by atoms with Gasteiger partial charge in [-0.25, -0.2) is 24.3 Å². The summed E-state index contributed by atoms with van der Waals surface area (Å²) in [7, 11) is 1.51. The molecular weight excluding hydrogens is 1780 g/mol. The zero-order chi connectivity index (χ0) is 96.9. The van der Waals surface area contributed by atoms with Crippen LogP contribution < -0.4 is 22.1 Å². The molecule has 1 aromatic heterocycles. The molecule has 716 valence electrons. The van der Waals surface area contributed by atoms with Crippen molar-refractivity contribution < 1.29 is 137 Å². The summed E-state index contributed by atoms with van der Waals surface area (Å²) in [5, 5.41) is 33.0. The Morgan fingerprint density at radius 1 is 0.462 bits per heavy atom. The highest BCUT2D eigenvalue weighted by molar-refractivity contribution is 5.72. The van der Waals surface area contributed by atoms with Gasteiger partial charge in [-0.1, -0.05) is 152 Å². The maximum atomic E-state index is 14.1. The highest BCUT2D eigenvalue weighted by Gasteiger charge is 2.55. The number of H-pyrrole nitrogens is 1. The molecule has 0 aliphatic carbocycles. The Morgan fingerprint density at radius 2 is 0.818 bits per heavy atom. The highest BCUT2D eigenvalue weighted by Crippen LogP contribution is 2.49. The lowest BCUT2D eigenvalue weighted by atomic mass is 9.75. The molecular formula is C93H100F18N8O13. The number of piperidine rings is 3. The second kappa shape index (κ2) is 41.6. The van der Waals surface area contributed by atoms with Crippen LogP contribution in [0.15, 0.2) is 217 Å². The van der Waals surface area contributed by atoms with Crippen molar-refractivity contribution in [3.8, 4) is 0 Å². The molecule has 132 heavy (non-hydrogen) atoms. The van der Waals surface area contributed by atoms with Gasteiger partial charge in [-0.2, -0.15) is 84.1 Å². The van der Waals surface area contributed by atoms with E-state index in [1.165, 1.54) is 48.6 Å². The minimum atomic E-state index is -5.06. The van der Waals surface area contributed by atoms with Crippen LogP contribution in [-0.2, 0) is 106 Å². The Hall–Kier alpha value is -11.1. The topological polar surface area (TPSA) is 264 Å². The molecule has 3 amide bonds. The van der Waals surface area contributed by atoms with Gasteiger partial charge >= 0.3 is 61.0 Å². The summed E-state index contributed by atoms with van der Waals surface area (Å²) in [5.41, 5.74) is -8.07. The van der Waals surface area contributed by atoms with E-state index in [0.29, 0.717) is 71.5 Å². The summed E-state index contributed by atoms with van der Waals surface area (Å²) in [4.78, 5) is 55.6. The van der Waals surface area contributed by atoms with Crippen LogP contribution in [-0.4, -0.2) is 136 Å². The first-order valence-electron chi connectivity index (χ1n) is 41.5. The number of rotatable bonds is 25. The molecule has 9 aromatic rings. The van der Waals surface area contributed by atoms with Crippen molar-refractivity contribution >= 4 is 18.3 Å². The normalized spacial score (nSPS) is 21.7. The number of benzene rings is 8. The number of alkyl halides is 18. The van der Waals surface area contributed by atoms with E-state index in [-0.39, 0.29) is 113 Å². The lowest BCUT2D eigenvalue weighted by Gasteiger charge is -2.53. The fourth-order valence-corrected chi connectivity index (χ4v) is 15.9. The number of aliphatic hydroxyl groups is 2. The monoisotopic (exact) mass is 1880 g/mol. The summed E-state index contributed by atoms with van der Waals surface area (Å²) in [6.07, 6.45) is -33.4. The van der Waals surface area contributed by atoms with Crippen molar-refractivity contribution in [3.63, 3.8) is 0 Å². The van der Waals surface area contributed by atoms with E-state index in [0.717, 1.165) is 5.56 Å². The van der Waals surface area contributed by atoms with Crippen molar-refractivity contribution in [1.29, 1.82) is 0 Å². The largest absolute Gasteiger partial charge is 0.445 e. The first-order chi connectivity index (χ1) is 61.7.